The highest BCUT2D eigenvalue weighted by Crippen LogP contribution is 2.46. The van der Waals surface area contributed by atoms with Crippen LogP contribution in [0.15, 0.2) is 27.0 Å². The molecule has 4 unspecified atom stereocenters. The molecule has 2 N–H and O–H groups in total. The highest BCUT2D eigenvalue weighted by atomic mass is 16.5. The number of nitrogens with zero attached hydrogens (tertiary/aromatic N) is 2. The Morgan fingerprint density at radius 1 is 1.09 bits per heavy atom. The number of hydrogen-bond donors (Lipinski definition) is 2. The van der Waals surface area contributed by atoms with Crippen molar-refractivity contribution in [3.8, 4) is 0 Å². The van der Waals surface area contributed by atoms with Crippen molar-refractivity contribution in [3.05, 3.63) is 62.0 Å². The van der Waals surface area contributed by atoms with E-state index in [-0.39, 0.29) is 41.5 Å². The number of aromatic amines is 2. The minimum atomic E-state index is -0.220. The fourth-order valence-electron chi connectivity index (χ4n) is 8.36. The summed E-state index contributed by atoms with van der Waals surface area (Å²) in [4.78, 5) is 44.1. The normalized spacial score (nSPS) is 24.1. The summed E-state index contributed by atoms with van der Waals surface area (Å²) >= 11 is 0. The van der Waals surface area contributed by atoms with E-state index < -0.39 is 0 Å². The van der Waals surface area contributed by atoms with Gasteiger partial charge in [-0.3, -0.25) is 19.6 Å². The van der Waals surface area contributed by atoms with Crippen molar-refractivity contribution < 1.29 is 19.1 Å². The fourth-order valence-corrected chi connectivity index (χ4v) is 8.36. The maximum atomic E-state index is 13.6. The lowest BCUT2D eigenvalue weighted by atomic mass is 9.81. The number of unbranched alkanes of at least 4 members (excludes halogenated alkanes) is 1. The predicted molar refractivity (Wildman–Crippen MR) is 187 cm³/mol. The van der Waals surface area contributed by atoms with Crippen LogP contribution in [0.2, 0.25) is 0 Å². The Morgan fingerprint density at radius 3 is 2.60 bits per heavy atom. The number of hydrogen-bond acceptors (Lipinski definition) is 6. The van der Waals surface area contributed by atoms with Crippen molar-refractivity contribution in [1.82, 2.24) is 9.97 Å². The molecule has 4 aliphatic rings. The first-order valence-corrected chi connectivity index (χ1v) is 17.8. The van der Waals surface area contributed by atoms with E-state index in [1.165, 1.54) is 29.5 Å². The third-order valence-corrected chi connectivity index (χ3v) is 11.4. The third-order valence-electron chi connectivity index (χ3n) is 11.4. The summed E-state index contributed by atoms with van der Waals surface area (Å²) in [5, 5.41) is 0. The van der Waals surface area contributed by atoms with E-state index in [0.717, 1.165) is 76.7 Å². The van der Waals surface area contributed by atoms with Crippen molar-refractivity contribution in [2.75, 3.05) is 7.11 Å². The van der Waals surface area contributed by atoms with E-state index in [1.54, 1.807) is 0 Å². The van der Waals surface area contributed by atoms with Gasteiger partial charge in [0.2, 0.25) is 0 Å². The molecule has 252 valence electrons. The maximum absolute atomic E-state index is 13.6. The van der Waals surface area contributed by atoms with Gasteiger partial charge in [-0.25, -0.2) is 0 Å². The van der Waals surface area contributed by atoms with Crippen molar-refractivity contribution in [1.29, 1.82) is 0 Å². The molecule has 6 rings (SSSR count). The summed E-state index contributed by atoms with van der Waals surface area (Å²) in [5.41, 5.74) is 14.1. The minimum absolute atomic E-state index is 0.0291. The van der Waals surface area contributed by atoms with Gasteiger partial charge in [-0.15, -0.1) is 0 Å². The smallest absolute Gasteiger partial charge is 0.305 e. The lowest BCUT2D eigenvalue weighted by Crippen LogP contribution is -2.23. The number of carbonyl (C=O) groups is 2. The molecule has 47 heavy (non-hydrogen) atoms. The van der Waals surface area contributed by atoms with Crippen LogP contribution < -0.4 is 0 Å². The lowest BCUT2D eigenvalue weighted by molar-refractivity contribution is -0.140. The summed E-state index contributed by atoms with van der Waals surface area (Å²) in [6.45, 7) is 15.9. The second-order valence-electron chi connectivity index (χ2n) is 14.2. The van der Waals surface area contributed by atoms with Crippen LogP contribution in [-0.2, 0) is 33.7 Å². The Hall–Kier alpha value is -3.52. The van der Waals surface area contributed by atoms with Gasteiger partial charge < -0.3 is 19.4 Å². The average molecular weight is 641 g/mol. The van der Waals surface area contributed by atoms with Crippen LogP contribution in [0.5, 0.6) is 0 Å². The van der Waals surface area contributed by atoms with Crippen molar-refractivity contribution in [2.24, 2.45) is 27.7 Å². The van der Waals surface area contributed by atoms with E-state index >= 15 is 0 Å². The van der Waals surface area contributed by atoms with Gasteiger partial charge in [0.25, 0.3) is 0 Å². The Bertz CT molecular complexity index is 1700. The molecular weight excluding hydrogens is 588 g/mol. The molecule has 0 amide bonds. The summed E-state index contributed by atoms with van der Waals surface area (Å²) in [5.74, 6) is 0.203. The first-order chi connectivity index (χ1) is 22.6. The second kappa shape index (κ2) is 13.5. The lowest BCUT2D eigenvalue weighted by Gasteiger charge is -2.21. The van der Waals surface area contributed by atoms with Gasteiger partial charge in [0, 0.05) is 106 Å². The second-order valence-corrected chi connectivity index (χ2v) is 14.2. The zero-order chi connectivity index (χ0) is 33.6. The number of rotatable bonds is 10. The molecule has 2 aromatic heterocycles. The number of fused-ring (bicyclic) bond motifs is 6. The van der Waals surface area contributed by atoms with Crippen molar-refractivity contribution in [3.63, 3.8) is 0 Å². The Morgan fingerprint density at radius 2 is 1.87 bits per heavy atom. The first-order valence-electron chi connectivity index (χ1n) is 17.8. The molecule has 8 bridgehead atoms. The van der Waals surface area contributed by atoms with Crippen molar-refractivity contribution >= 4 is 29.3 Å². The zero-order valence-electron chi connectivity index (χ0n) is 29.6. The van der Waals surface area contributed by atoms with Gasteiger partial charge in [-0.2, -0.15) is 0 Å². The number of nitrogens with one attached hydrogen (secondary N) is 2. The van der Waals surface area contributed by atoms with E-state index in [4.69, 9.17) is 19.5 Å². The van der Waals surface area contributed by atoms with Crippen LogP contribution in [0, 0.1) is 31.6 Å². The molecule has 0 saturated heterocycles. The van der Waals surface area contributed by atoms with Crippen LogP contribution in [-0.4, -0.2) is 46.4 Å². The molecule has 0 saturated carbocycles. The number of aromatic nitrogens is 2. The van der Waals surface area contributed by atoms with Gasteiger partial charge in [0.05, 0.1) is 19.8 Å². The van der Waals surface area contributed by atoms with Gasteiger partial charge in [-0.05, 0) is 69.7 Å². The number of aliphatic imine (C=N–C) groups is 2. The Labute approximate surface area is 279 Å². The van der Waals surface area contributed by atoms with E-state index in [2.05, 4.69) is 64.5 Å². The molecule has 0 spiro atoms. The predicted octanol–water partition coefficient (Wildman–Crippen LogP) is 8.28. The maximum Gasteiger partial charge on any atom is 0.305 e. The molecular formula is C39H52N4O4. The average Bonchev–Trinajstić information content (AvgIpc) is 3.80. The van der Waals surface area contributed by atoms with Crippen LogP contribution in [0.1, 0.15) is 135 Å². The van der Waals surface area contributed by atoms with E-state index in [1.807, 2.05) is 0 Å². The summed E-state index contributed by atoms with van der Waals surface area (Å²) < 4.78 is 11.5. The molecule has 0 aromatic carbocycles. The molecule has 8 heteroatoms. The minimum Gasteiger partial charge on any atom is -0.469 e. The molecule has 0 radical (unpaired) electrons. The van der Waals surface area contributed by atoms with Crippen LogP contribution in [0.25, 0.3) is 6.08 Å². The summed E-state index contributed by atoms with van der Waals surface area (Å²) in [6.07, 6.45) is 9.49. The number of esters is 1. The molecule has 1 aliphatic carbocycles. The molecule has 0 fully saturated rings. The van der Waals surface area contributed by atoms with Crippen LogP contribution in [0.3, 0.4) is 0 Å². The van der Waals surface area contributed by atoms with Gasteiger partial charge >= 0.3 is 5.97 Å². The van der Waals surface area contributed by atoms with Gasteiger partial charge in [0.1, 0.15) is 0 Å². The monoisotopic (exact) mass is 640 g/mol. The van der Waals surface area contributed by atoms with E-state index in [9.17, 15) is 9.59 Å². The summed E-state index contributed by atoms with van der Waals surface area (Å²) in [6, 6.07) is 0. The highest BCUT2D eigenvalue weighted by Gasteiger charge is 2.44. The highest BCUT2D eigenvalue weighted by molar-refractivity contribution is 6.11. The number of ether oxygens (including phenoxy) is 2. The number of methoxy groups -OCH3 is 1. The molecule has 8 nitrogen and oxygen atoms in total. The zero-order valence-corrected chi connectivity index (χ0v) is 29.6. The van der Waals surface area contributed by atoms with Crippen LogP contribution >= 0.6 is 0 Å². The number of Topliss-reactive ketones (excluding diaryl/α,β-unsaturated/α-hetero) is 1. The molecule has 5 atom stereocenters. The fraction of sp³-hybridized carbons (Fsp3) is 0.590. The Kier molecular flexibility index (Phi) is 9.62. The van der Waals surface area contributed by atoms with Crippen molar-refractivity contribution in [2.45, 2.75) is 125 Å². The number of H-pyrrole nitrogens is 2. The van der Waals surface area contributed by atoms with Crippen LogP contribution in [0.4, 0.5) is 0 Å². The molecule has 2 aromatic rings. The Balaban J connectivity index is 1.49. The SMILES string of the molecule is CCCCC(C)OCc1c2[nH]c(c1C)C=C1N=C(C3CC(=O)c4c3[nH]c(c4C)CC3=NC(=C(C)C3CC)C2)[C@@H](CCC(=O)OC)C1C. The topological polar surface area (TPSA) is 109 Å². The number of carbonyl (C=O) groups excluding carboxylic acids is 2. The largest absolute Gasteiger partial charge is 0.469 e. The molecule has 3 aliphatic heterocycles. The third kappa shape index (κ3) is 6.14. The number of allylic oxidation sites excluding steroid dienone is 3. The standard InChI is InChI=1S/C39H52N4O4/c1-9-11-12-20(3)47-19-28-23(6)29-16-31-22(5)26(13-14-36(45)46-8)38(42-31)27-15-35(44)37-24(7)32(43-39(27)37)18-33-25(10-2)21(4)30(40-33)17-34(28)41-29/h16,20,22,25-27,41,43H,9-15,17-19H2,1-8H3/t20?,22?,25?,26-,27?/m0/s1. The summed E-state index contributed by atoms with van der Waals surface area (Å²) in [7, 11) is 1.44. The van der Waals surface area contributed by atoms with Gasteiger partial charge in [-0.1, -0.05) is 33.6 Å². The number of ketones is 1. The van der Waals surface area contributed by atoms with E-state index in [0.29, 0.717) is 38.7 Å². The quantitative estimate of drug-likeness (QED) is 0.255. The molecule has 5 heterocycles. The van der Waals surface area contributed by atoms with Gasteiger partial charge in [0.15, 0.2) is 5.78 Å². The first kappa shape index (κ1) is 33.4.